The lowest BCUT2D eigenvalue weighted by molar-refractivity contribution is 0.0601. The van der Waals surface area contributed by atoms with Gasteiger partial charge in [-0.2, -0.15) is 0 Å². The molecule has 1 N–H and O–H groups in total. The Morgan fingerprint density at radius 3 is 2.81 bits per heavy atom. The lowest BCUT2D eigenvalue weighted by Crippen LogP contribution is -2.01. The van der Waals surface area contributed by atoms with Gasteiger partial charge >= 0.3 is 5.97 Å². The molecule has 16 heavy (non-hydrogen) atoms. The molecule has 0 saturated heterocycles. The Balaban J connectivity index is 2.79. The number of phenolic OH excluding ortho intramolecular Hbond substituents is 1. The number of fused-ring (bicyclic) bond motifs is 1. The molecule has 5 heteroatoms. The molecule has 2 rings (SSSR count). The first kappa shape index (κ1) is 11.0. The first-order chi connectivity index (χ1) is 7.54. The summed E-state index contributed by atoms with van der Waals surface area (Å²) in [6.45, 7) is 1.68. The number of phenols is 1. The van der Waals surface area contributed by atoms with Crippen molar-refractivity contribution in [3.8, 4) is 5.75 Å². The lowest BCUT2D eigenvalue weighted by Gasteiger charge is -1.98. The molecule has 1 aromatic heterocycles. The molecule has 0 atom stereocenters. The zero-order valence-corrected chi connectivity index (χ0v) is 10.3. The maximum Gasteiger partial charge on any atom is 0.342 e. The molecule has 1 heterocycles. The van der Waals surface area contributed by atoms with E-state index in [0.717, 1.165) is 0 Å². The summed E-state index contributed by atoms with van der Waals surface area (Å²) in [5, 5.41) is 10.1. The minimum Gasteiger partial charge on any atom is -0.507 e. The Kier molecular flexibility index (Phi) is 2.63. The normalized spacial score (nSPS) is 10.7. The summed E-state index contributed by atoms with van der Waals surface area (Å²) in [6.07, 6.45) is 0. The van der Waals surface area contributed by atoms with E-state index in [9.17, 15) is 9.90 Å². The maximum absolute atomic E-state index is 11.5. The number of benzene rings is 1. The van der Waals surface area contributed by atoms with Gasteiger partial charge in [0.25, 0.3) is 0 Å². The third-order valence-electron chi connectivity index (χ3n) is 2.32. The highest BCUT2D eigenvalue weighted by Gasteiger charge is 2.19. The van der Waals surface area contributed by atoms with Crippen molar-refractivity contribution in [1.82, 2.24) is 0 Å². The van der Waals surface area contributed by atoms with Gasteiger partial charge in [0.1, 0.15) is 22.7 Å². The van der Waals surface area contributed by atoms with Crippen molar-refractivity contribution in [2.45, 2.75) is 6.92 Å². The van der Waals surface area contributed by atoms with Crippen LogP contribution in [0.15, 0.2) is 21.0 Å². The predicted octanol–water partition coefficient (Wildman–Crippen LogP) is 3.00. The number of rotatable bonds is 1. The predicted molar refractivity (Wildman–Crippen MR) is 61.7 cm³/mol. The molecule has 0 bridgehead atoms. The molecule has 2 aromatic rings. The molecule has 0 aliphatic carbocycles. The summed E-state index contributed by atoms with van der Waals surface area (Å²) in [5.41, 5.74) is 0.878. The van der Waals surface area contributed by atoms with E-state index in [2.05, 4.69) is 20.7 Å². The Labute approximate surface area is 99.9 Å². The van der Waals surface area contributed by atoms with Crippen LogP contribution in [0, 0.1) is 6.92 Å². The fourth-order valence-corrected chi connectivity index (χ4v) is 1.91. The van der Waals surface area contributed by atoms with E-state index in [1.807, 2.05) is 0 Å². The van der Waals surface area contributed by atoms with Gasteiger partial charge in [-0.3, -0.25) is 0 Å². The van der Waals surface area contributed by atoms with Crippen molar-refractivity contribution in [2.75, 3.05) is 7.11 Å². The molecule has 0 radical (unpaired) electrons. The van der Waals surface area contributed by atoms with Crippen LogP contribution in [0.2, 0.25) is 0 Å². The van der Waals surface area contributed by atoms with Gasteiger partial charge in [0.15, 0.2) is 0 Å². The van der Waals surface area contributed by atoms with E-state index in [-0.39, 0.29) is 5.75 Å². The van der Waals surface area contributed by atoms with Crippen molar-refractivity contribution < 1.29 is 19.1 Å². The first-order valence-electron chi connectivity index (χ1n) is 4.54. The van der Waals surface area contributed by atoms with Crippen molar-refractivity contribution in [3.05, 3.63) is 27.9 Å². The summed E-state index contributed by atoms with van der Waals surface area (Å²) in [6, 6.07) is 3.09. The number of furan rings is 1. The molecule has 0 fully saturated rings. The van der Waals surface area contributed by atoms with Crippen molar-refractivity contribution in [1.29, 1.82) is 0 Å². The van der Waals surface area contributed by atoms with E-state index >= 15 is 0 Å². The van der Waals surface area contributed by atoms with Crippen LogP contribution in [0.1, 0.15) is 16.1 Å². The number of carbonyl (C=O) groups is 1. The zero-order valence-electron chi connectivity index (χ0n) is 8.70. The van der Waals surface area contributed by atoms with Crippen LogP contribution in [0.25, 0.3) is 11.0 Å². The minimum atomic E-state index is -0.474. The molecular formula is C11H9BrO4. The first-order valence-corrected chi connectivity index (χ1v) is 5.34. The fourth-order valence-electron chi connectivity index (χ4n) is 1.58. The molecule has 4 nitrogen and oxygen atoms in total. The van der Waals surface area contributed by atoms with Gasteiger partial charge in [-0.25, -0.2) is 4.79 Å². The van der Waals surface area contributed by atoms with E-state index in [1.54, 1.807) is 13.0 Å². The number of aromatic hydroxyl groups is 1. The maximum atomic E-state index is 11.5. The van der Waals surface area contributed by atoms with Crippen LogP contribution in [0.5, 0.6) is 5.75 Å². The van der Waals surface area contributed by atoms with Gasteiger partial charge in [0.2, 0.25) is 0 Å². The fraction of sp³-hybridized carbons (Fsp3) is 0.182. The molecule has 0 aliphatic rings. The Hall–Kier alpha value is -1.49. The summed E-state index contributed by atoms with van der Waals surface area (Å²) in [5.74, 6) is 0.0516. The van der Waals surface area contributed by atoms with Crippen LogP contribution >= 0.6 is 15.9 Å². The minimum absolute atomic E-state index is 0.0541. The quantitative estimate of drug-likeness (QED) is 0.818. The summed E-state index contributed by atoms with van der Waals surface area (Å²) in [4.78, 5) is 11.5. The Morgan fingerprint density at radius 2 is 2.19 bits per heavy atom. The highest BCUT2D eigenvalue weighted by atomic mass is 79.9. The monoisotopic (exact) mass is 284 g/mol. The van der Waals surface area contributed by atoms with Crippen molar-refractivity contribution in [3.63, 3.8) is 0 Å². The lowest BCUT2D eigenvalue weighted by atomic mass is 10.1. The van der Waals surface area contributed by atoms with Crippen LogP contribution in [-0.2, 0) is 4.74 Å². The largest absolute Gasteiger partial charge is 0.507 e. The van der Waals surface area contributed by atoms with Gasteiger partial charge in [0, 0.05) is 5.39 Å². The average Bonchev–Trinajstić information content (AvgIpc) is 2.54. The third-order valence-corrected chi connectivity index (χ3v) is 2.96. The van der Waals surface area contributed by atoms with Crippen LogP contribution < -0.4 is 0 Å². The molecule has 0 saturated carbocycles. The SMILES string of the molecule is COC(=O)c1c(C)oc2cc(Br)c(O)cc12. The van der Waals surface area contributed by atoms with Crippen LogP contribution in [0.4, 0.5) is 0 Å². The number of methoxy groups -OCH3 is 1. The summed E-state index contributed by atoms with van der Waals surface area (Å²) < 4.78 is 10.6. The molecule has 84 valence electrons. The number of esters is 1. The van der Waals surface area contributed by atoms with Gasteiger partial charge in [0.05, 0.1) is 11.6 Å². The van der Waals surface area contributed by atoms with Gasteiger partial charge in [-0.15, -0.1) is 0 Å². The second-order valence-electron chi connectivity index (χ2n) is 3.32. The smallest absolute Gasteiger partial charge is 0.342 e. The van der Waals surface area contributed by atoms with Gasteiger partial charge in [-0.05, 0) is 35.0 Å². The van der Waals surface area contributed by atoms with E-state index in [0.29, 0.717) is 26.8 Å². The van der Waals surface area contributed by atoms with E-state index < -0.39 is 5.97 Å². The number of hydrogen-bond donors (Lipinski definition) is 1. The second kappa shape index (κ2) is 3.83. The van der Waals surface area contributed by atoms with Gasteiger partial charge < -0.3 is 14.3 Å². The van der Waals surface area contributed by atoms with Crippen LogP contribution in [-0.4, -0.2) is 18.2 Å². The highest BCUT2D eigenvalue weighted by Crippen LogP contribution is 2.34. The van der Waals surface area contributed by atoms with Gasteiger partial charge in [-0.1, -0.05) is 0 Å². The zero-order chi connectivity index (χ0) is 11.9. The highest BCUT2D eigenvalue weighted by molar-refractivity contribution is 9.10. The van der Waals surface area contributed by atoms with E-state index in [1.165, 1.54) is 13.2 Å². The second-order valence-corrected chi connectivity index (χ2v) is 4.18. The summed E-state index contributed by atoms with van der Waals surface area (Å²) in [7, 11) is 1.30. The number of hydrogen-bond acceptors (Lipinski definition) is 4. The number of carbonyl (C=O) groups excluding carboxylic acids is 1. The van der Waals surface area contributed by atoms with E-state index in [4.69, 9.17) is 4.42 Å². The summed E-state index contributed by atoms with van der Waals surface area (Å²) >= 11 is 3.18. The average molecular weight is 285 g/mol. The molecule has 1 aromatic carbocycles. The van der Waals surface area contributed by atoms with Crippen molar-refractivity contribution in [2.24, 2.45) is 0 Å². The molecule has 0 unspecified atom stereocenters. The Bertz CT molecular complexity index is 571. The number of ether oxygens (including phenoxy) is 1. The number of aryl methyl sites for hydroxylation is 1. The molecule has 0 aliphatic heterocycles. The molecular weight excluding hydrogens is 276 g/mol. The number of halogens is 1. The molecule has 0 spiro atoms. The van der Waals surface area contributed by atoms with Crippen molar-refractivity contribution >= 4 is 32.9 Å². The molecule has 0 amide bonds. The topological polar surface area (TPSA) is 59.7 Å². The Morgan fingerprint density at radius 1 is 1.50 bits per heavy atom. The van der Waals surface area contributed by atoms with Crippen LogP contribution in [0.3, 0.4) is 0 Å². The third kappa shape index (κ3) is 1.57. The standard InChI is InChI=1S/C11H9BrO4/c1-5-10(11(14)15-2)6-3-8(13)7(12)4-9(6)16-5/h3-4,13H,1-2H3.